The van der Waals surface area contributed by atoms with Crippen LogP contribution in [0.25, 0.3) is 10.0 Å². The second-order valence-corrected chi connectivity index (χ2v) is 7.09. The lowest BCUT2D eigenvalue weighted by atomic mass is 10.0. The molecule has 0 spiro atoms. The Hall–Kier alpha value is -1.27. The minimum Gasteiger partial charge on any atom is -0.313 e. The van der Waals surface area contributed by atoms with Gasteiger partial charge in [0, 0.05) is 17.8 Å². The molecule has 3 aromatic rings. The normalized spacial score (nSPS) is 12.5. The highest BCUT2D eigenvalue weighted by Crippen LogP contribution is 2.31. The Morgan fingerprint density at radius 1 is 1.24 bits per heavy atom. The van der Waals surface area contributed by atoms with E-state index in [1.54, 1.807) is 17.5 Å². The summed E-state index contributed by atoms with van der Waals surface area (Å²) >= 11 is 9.00. The fourth-order valence-electron chi connectivity index (χ4n) is 2.13. The van der Waals surface area contributed by atoms with Crippen molar-refractivity contribution in [1.29, 1.82) is 0 Å². The summed E-state index contributed by atoms with van der Waals surface area (Å²) in [4.78, 5) is 8.95. The molecule has 3 nitrogen and oxygen atoms in total. The third-order valence-electron chi connectivity index (χ3n) is 3.18. The molecule has 0 fully saturated rings. The maximum absolute atomic E-state index is 5.93. The Labute approximate surface area is 136 Å². The summed E-state index contributed by atoms with van der Waals surface area (Å²) in [5.74, 6) is 0. The standard InChI is InChI=1S/C15H14ClN3S2/c1-17-12(10-5-3-2-4-6-10)7-11-9-20-15(19-11)14-18-8-13(16)21-14/h2-6,8-9,12,17H,7H2,1H3. The van der Waals surface area contributed by atoms with Gasteiger partial charge in [-0.1, -0.05) is 53.3 Å². The summed E-state index contributed by atoms with van der Waals surface area (Å²) in [6.45, 7) is 0. The fourth-order valence-corrected chi connectivity index (χ4v) is 3.92. The smallest absolute Gasteiger partial charge is 0.153 e. The molecule has 108 valence electrons. The van der Waals surface area contributed by atoms with Crippen molar-refractivity contribution in [2.75, 3.05) is 7.05 Å². The average molecular weight is 336 g/mol. The number of aromatic nitrogens is 2. The van der Waals surface area contributed by atoms with Crippen LogP contribution in [-0.4, -0.2) is 17.0 Å². The monoisotopic (exact) mass is 335 g/mol. The first-order chi connectivity index (χ1) is 10.3. The molecule has 0 bridgehead atoms. The number of nitrogens with one attached hydrogen (secondary N) is 1. The molecule has 2 aromatic heterocycles. The molecule has 0 amide bonds. The SMILES string of the molecule is CNC(Cc1csc(-c2ncc(Cl)s2)n1)c1ccccc1. The van der Waals surface area contributed by atoms with E-state index in [0.717, 1.165) is 22.1 Å². The summed E-state index contributed by atoms with van der Waals surface area (Å²) in [6, 6.07) is 10.7. The van der Waals surface area contributed by atoms with Gasteiger partial charge in [0.25, 0.3) is 0 Å². The van der Waals surface area contributed by atoms with Crippen molar-refractivity contribution in [2.24, 2.45) is 0 Å². The summed E-state index contributed by atoms with van der Waals surface area (Å²) in [7, 11) is 1.98. The van der Waals surface area contributed by atoms with Crippen LogP contribution in [0.2, 0.25) is 4.34 Å². The molecule has 0 aliphatic heterocycles. The van der Waals surface area contributed by atoms with E-state index in [-0.39, 0.29) is 6.04 Å². The van der Waals surface area contributed by atoms with Gasteiger partial charge >= 0.3 is 0 Å². The van der Waals surface area contributed by atoms with Crippen LogP contribution < -0.4 is 5.32 Å². The molecule has 21 heavy (non-hydrogen) atoms. The Bertz CT molecular complexity index is 709. The molecule has 1 atom stereocenters. The fraction of sp³-hybridized carbons (Fsp3) is 0.200. The largest absolute Gasteiger partial charge is 0.313 e. The summed E-state index contributed by atoms with van der Waals surface area (Å²) < 4.78 is 0.694. The van der Waals surface area contributed by atoms with E-state index in [4.69, 9.17) is 11.6 Å². The van der Waals surface area contributed by atoms with Crippen molar-refractivity contribution in [2.45, 2.75) is 12.5 Å². The van der Waals surface area contributed by atoms with Gasteiger partial charge < -0.3 is 5.32 Å². The van der Waals surface area contributed by atoms with E-state index in [9.17, 15) is 0 Å². The number of hydrogen-bond acceptors (Lipinski definition) is 5. The highest BCUT2D eigenvalue weighted by atomic mass is 35.5. The Morgan fingerprint density at radius 3 is 2.71 bits per heavy atom. The van der Waals surface area contributed by atoms with Crippen LogP contribution in [0, 0.1) is 0 Å². The maximum Gasteiger partial charge on any atom is 0.153 e. The van der Waals surface area contributed by atoms with Crippen LogP contribution in [0.4, 0.5) is 0 Å². The second-order valence-electron chi connectivity index (χ2n) is 4.57. The predicted molar refractivity (Wildman–Crippen MR) is 90.2 cm³/mol. The highest BCUT2D eigenvalue weighted by molar-refractivity contribution is 7.22. The second kappa shape index (κ2) is 6.66. The van der Waals surface area contributed by atoms with E-state index in [0.29, 0.717) is 4.34 Å². The van der Waals surface area contributed by atoms with Crippen molar-refractivity contribution in [1.82, 2.24) is 15.3 Å². The molecule has 1 aromatic carbocycles. The Kier molecular flexibility index (Phi) is 4.65. The molecule has 0 saturated carbocycles. The number of likely N-dealkylation sites (N-methyl/N-ethyl adjacent to an activating group) is 1. The number of nitrogens with zero attached hydrogens (tertiary/aromatic N) is 2. The average Bonchev–Trinajstić information content (AvgIpc) is 3.14. The van der Waals surface area contributed by atoms with E-state index in [1.165, 1.54) is 16.9 Å². The van der Waals surface area contributed by atoms with E-state index >= 15 is 0 Å². The van der Waals surface area contributed by atoms with Crippen LogP contribution in [0.3, 0.4) is 0 Å². The van der Waals surface area contributed by atoms with Gasteiger partial charge in [-0.15, -0.1) is 11.3 Å². The molecule has 1 N–H and O–H groups in total. The van der Waals surface area contributed by atoms with Gasteiger partial charge in [0.1, 0.15) is 4.34 Å². The molecule has 0 aliphatic carbocycles. The number of hydrogen-bond donors (Lipinski definition) is 1. The van der Waals surface area contributed by atoms with Crippen LogP contribution in [0.1, 0.15) is 17.3 Å². The topological polar surface area (TPSA) is 37.8 Å². The molecule has 3 rings (SSSR count). The first-order valence-corrected chi connectivity index (χ1v) is 8.62. The lowest BCUT2D eigenvalue weighted by Gasteiger charge is -2.15. The Balaban J connectivity index is 1.77. The third-order valence-corrected chi connectivity index (χ3v) is 5.32. The zero-order valence-corrected chi connectivity index (χ0v) is 13.8. The number of rotatable bonds is 5. The zero-order chi connectivity index (χ0) is 14.7. The molecule has 0 aliphatic rings. The van der Waals surface area contributed by atoms with Gasteiger partial charge in [-0.25, -0.2) is 9.97 Å². The summed E-state index contributed by atoms with van der Waals surface area (Å²) in [5, 5.41) is 7.27. The van der Waals surface area contributed by atoms with Crippen LogP contribution in [0.5, 0.6) is 0 Å². The van der Waals surface area contributed by atoms with Gasteiger partial charge in [0.05, 0.1) is 11.9 Å². The van der Waals surface area contributed by atoms with Crippen molar-refractivity contribution >= 4 is 34.3 Å². The molecule has 2 heterocycles. The summed E-state index contributed by atoms with van der Waals surface area (Å²) in [5.41, 5.74) is 2.34. The van der Waals surface area contributed by atoms with Crippen molar-refractivity contribution in [3.05, 3.63) is 57.5 Å². The van der Waals surface area contributed by atoms with Gasteiger partial charge in [-0.2, -0.15) is 0 Å². The van der Waals surface area contributed by atoms with Crippen LogP contribution in [-0.2, 0) is 6.42 Å². The number of thiazole rings is 2. The quantitative estimate of drug-likeness (QED) is 0.749. The molecule has 6 heteroatoms. The number of benzene rings is 1. The van der Waals surface area contributed by atoms with Crippen molar-refractivity contribution in [3.8, 4) is 10.0 Å². The van der Waals surface area contributed by atoms with E-state index < -0.39 is 0 Å². The molecular weight excluding hydrogens is 322 g/mol. The number of halogens is 1. The van der Waals surface area contributed by atoms with Crippen LogP contribution >= 0.6 is 34.3 Å². The summed E-state index contributed by atoms with van der Waals surface area (Å²) in [6.07, 6.45) is 2.53. The molecule has 0 radical (unpaired) electrons. The van der Waals surface area contributed by atoms with Gasteiger partial charge in [-0.3, -0.25) is 0 Å². The lowest BCUT2D eigenvalue weighted by Crippen LogP contribution is -2.18. The maximum atomic E-state index is 5.93. The van der Waals surface area contributed by atoms with E-state index in [2.05, 4.69) is 44.9 Å². The van der Waals surface area contributed by atoms with Gasteiger partial charge in [0.15, 0.2) is 10.0 Å². The molecule has 1 unspecified atom stereocenters. The van der Waals surface area contributed by atoms with E-state index in [1.807, 2.05) is 13.1 Å². The third kappa shape index (κ3) is 3.49. The molecule has 0 saturated heterocycles. The van der Waals surface area contributed by atoms with Crippen molar-refractivity contribution < 1.29 is 0 Å². The first-order valence-electron chi connectivity index (χ1n) is 6.54. The first kappa shape index (κ1) is 14.7. The minimum absolute atomic E-state index is 0.265. The highest BCUT2D eigenvalue weighted by Gasteiger charge is 2.14. The van der Waals surface area contributed by atoms with Crippen LogP contribution in [0.15, 0.2) is 41.9 Å². The van der Waals surface area contributed by atoms with Gasteiger partial charge in [-0.05, 0) is 12.6 Å². The van der Waals surface area contributed by atoms with Gasteiger partial charge in [0.2, 0.25) is 0 Å². The van der Waals surface area contributed by atoms with Crippen molar-refractivity contribution in [3.63, 3.8) is 0 Å². The molecular formula is C15H14ClN3S2. The Morgan fingerprint density at radius 2 is 2.05 bits per heavy atom. The zero-order valence-electron chi connectivity index (χ0n) is 11.4. The minimum atomic E-state index is 0.265. The lowest BCUT2D eigenvalue weighted by molar-refractivity contribution is 0.586. The predicted octanol–water partition coefficient (Wildman–Crippen LogP) is 4.42.